The van der Waals surface area contributed by atoms with Crippen LogP contribution in [-0.2, 0) is 4.74 Å². The average Bonchev–Trinajstić information content (AvgIpc) is 2.36. The number of hydrogen-bond donors (Lipinski definition) is 0. The second-order valence-electron chi connectivity index (χ2n) is 3.93. The molecule has 0 aliphatic heterocycles. The van der Waals surface area contributed by atoms with Gasteiger partial charge in [-0.1, -0.05) is 6.92 Å². The standard InChI is InChI=1S/C13H19NO3/c1-4-5-17-12-7-11(8-14-9-12)13(15)6-10(2)16-3/h7-10H,4-6H2,1-3H3. The maximum atomic E-state index is 11.9. The molecule has 0 aliphatic carbocycles. The zero-order valence-electron chi connectivity index (χ0n) is 10.6. The number of Topliss-reactive ketones (excluding diaryl/α,β-unsaturated/α-hetero) is 1. The summed E-state index contributed by atoms with van der Waals surface area (Å²) in [5, 5.41) is 0. The van der Waals surface area contributed by atoms with E-state index in [2.05, 4.69) is 4.98 Å². The summed E-state index contributed by atoms with van der Waals surface area (Å²) >= 11 is 0. The quantitative estimate of drug-likeness (QED) is 0.683. The van der Waals surface area contributed by atoms with E-state index in [4.69, 9.17) is 9.47 Å². The van der Waals surface area contributed by atoms with Crippen molar-refractivity contribution in [3.63, 3.8) is 0 Å². The van der Waals surface area contributed by atoms with Crippen molar-refractivity contribution in [3.05, 3.63) is 24.0 Å². The number of carbonyl (C=O) groups is 1. The lowest BCUT2D eigenvalue weighted by molar-refractivity contribution is 0.0791. The summed E-state index contributed by atoms with van der Waals surface area (Å²) in [5.74, 6) is 0.663. The molecule has 4 heteroatoms. The lowest BCUT2D eigenvalue weighted by Gasteiger charge is -2.09. The molecule has 0 fully saturated rings. The summed E-state index contributed by atoms with van der Waals surface area (Å²) in [4.78, 5) is 15.9. The highest BCUT2D eigenvalue weighted by Crippen LogP contribution is 2.14. The molecule has 1 unspecified atom stereocenters. The first-order valence-electron chi connectivity index (χ1n) is 5.81. The van der Waals surface area contributed by atoms with Gasteiger partial charge < -0.3 is 9.47 Å². The number of ether oxygens (including phenoxy) is 2. The van der Waals surface area contributed by atoms with Crippen LogP contribution in [0, 0.1) is 0 Å². The van der Waals surface area contributed by atoms with Crippen molar-refractivity contribution in [1.29, 1.82) is 0 Å². The summed E-state index contributed by atoms with van der Waals surface area (Å²) in [6.07, 6.45) is 4.38. The number of carbonyl (C=O) groups excluding carboxylic acids is 1. The Hall–Kier alpha value is -1.42. The van der Waals surface area contributed by atoms with Crippen molar-refractivity contribution in [2.45, 2.75) is 32.8 Å². The van der Waals surface area contributed by atoms with Crippen LogP contribution in [0.5, 0.6) is 5.75 Å². The smallest absolute Gasteiger partial charge is 0.167 e. The molecular weight excluding hydrogens is 218 g/mol. The third-order valence-electron chi connectivity index (χ3n) is 2.38. The van der Waals surface area contributed by atoms with Crippen LogP contribution >= 0.6 is 0 Å². The van der Waals surface area contributed by atoms with E-state index in [1.807, 2.05) is 13.8 Å². The van der Waals surface area contributed by atoms with Gasteiger partial charge in [0.15, 0.2) is 5.78 Å². The first kappa shape index (κ1) is 13.6. The van der Waals surface area contributed by atoms with Crippen LogP contribution < -0.4 is 4.74 Å². The third-order valence-corrected chi connectivity index (χ3v) is 2.38. The van der Waals surface area contributed by atoms with Crippen LogP contribution in [0.15, 0.2) is 18.5 Å². The van der Waals surface area contributed by atoms with Crippen molar-refractivity contribution >= 4 is 5.78 Å². The Bertz CT molecular complexity index is 365. The summed E-state index contributed by atoms with van der Waals surface area (Å²) in [7, 11) is 1.59. The maximum absolute atomic E-state index is 11.9. The number of aromatic nitrogens is 1. The van der Waals surface area contributed by atoms with Crippen molar-refractivity contribution in [3.8, 4) is 5.75 Å². The van der Waals surface area contributed by atoms with E-state index in [9.17, 15) is 4.79 Å². The minimum Gasteiger partial charge on any atom is -0.492 e. The Morgan fingerprint density at radius 3 is 2.88 bits per heavy atom. The number of hydrogen-bond acceptors (Lipinski definition) is 4. The largest absolute Gasteiger partial charge is 0.492 e. The molecular formula is C13H19NO3. The van der Waals surface area contributed by atoms with Gasteiger partial charge in [-0.15, -0.1) is 0 Å². The van der Waals surface area contributed by atoms with Gasteiger partial charge in [-0.25, -0.2) is 0 Å². The Balaban J connectivity index is 2.66. The van der Waals surface area contributed by atoms with E-state index in [1.54, 1.807) is 25.6 Å². The molecule has 1 aromatic heterocycles. The molecule has 0 aliphatic rings. The molecule has 1 atom stereocenters. The van der Waals surface area contributed by atoms with Crippen LogP contribution in [-0.4, -0.2) is 30.6 Å². The molecule has 0 saturated heterocycles. The van der Waals surface area contributed by atoms with E-state index in [0.717, 1.165) is 6.42 Å². The van der Waals surface area contributed by atoms with Crippen LogP contribution in [0.2, 0.25) is 0 Å². The molecule has 0 N–H and O–H groups in total. The molecule has 0 bridgehead atoms. The van der Waals surface area contributed by atoms with Gasteiger partial charge in [0.1, 0.15) is 5.75 Å². The highest BCUT2D eigenvalue weighted by molar-refractivity contribution is 5.96. The molecule has 0 aromatic carbocycles. The fourth-order valence-corrected chi connectivity index (χ4v) is 1.33. The molecule has 0 amide bonds. The average molecular weight is 237 g/mol. The minimum atomic E-state index is -0.0808. The zero-order chi connectivity index (χ0) is 12.7. The summed E-state index contributed by atoms with van der Waals surface area (Å²) in [6.45, 7) is 4.53. The first-order chi connectivity index (χ1) is 8.17. The summed E-state index contributed by atoms with van der Waals surface area (Å²) in [5.41, 5.74) is 0.572. The Morgan fingerprint density at radius 2 is 2.24 bits per heavy atom. The number of rotatable bonds is 7. The van der Waals surface area contributed by atoms with Gasteiger partial charge in [-0.2, -0.15) is 0 Å². The molecule has 0 saturated carbocycles. The monoisotopic (exact) mass is 237 g/mol. The van der Waals surface area contributed by atoms with E-state index in [1.165, 1.54) is 0 Å². The lowest BCUT2D eigenvalue weighted by Crippen LogP contribution is -2.12. The lowest BCUT2D eigenvalue weighted by atomic mass is 10.1. The fourth-order valence-electron chi connectivity index (χ4n) is 1.33. The van der Waals surface area contributed by atoms with Gasteiger partial charge in [0, 0.05) is 25.3 Å². The predicted octanol–water partition coefficient (Wildman–Crippen LogP) is 2.48. The number of pyridine rings is 1. The third kappa shape index (κ3) is 4.53. The zero-order valence-corrected chi connectivity index (χ0v) is 10.6. The topological polar surface area (TPSA) is 48.4 Å². The number of ketones is 1. The molecule has 0 spiro atoms. The van der Waals surface area contributed by atoms with Crippen LogP contribution in [0.4, 0.5) is 0 Å². The van der Waals surface area contributed by atoms with Gasteiger partial charge in [-0.05, 0) is 19.4 Å². The second kappa shape index (κ2) is 7.01. The van der Waals surface area contributed by atoms with Crippen LogP contribution in [0.25, 0.3) is 0 Å². The first-order valence-corrected chi connectivity index (χ1v) is 5.81. The van der Waals surface area contributed by atoms with E-state index in [-0.39, 0.29) is 11.9 Å². The molecule has 94 valence electrons. The van der Waals surface area contributed by atoms with Crippen LogP contribution in [0.1, 0.15) is 37.0 Å². The highest BCUT2D eigenvalue weighted by atomic mass is 16.5. The van der Waals surface area contributed by atoms with Gasteiger partial charge in [0.05, 0.1) is 18.9 Å². The Kier molecular flexibility index (Phi) is 5.63. The van der Waals surface area contributed by atoms with Crippen molar-refractivity contribution < 1.29 is 14.3 Å². The predicted molar refractivity (Wildman–Crippen MR) is 65.4 cm³/mol. The summed E-state index contributed by atoms with van der Waals surface area (Å²) < 4.78 is 10.5. The van der Waals surface area contributed by atoms with E-state index in [0.29, 0.717) is 24.3 Å². The number of nitrogens with zero attached hydrogens (tertiary/aromatic N) is 1. The van der Waals surface area contributed by atoms with Gasteiger partial charge in [0.2, 0.25) is 0 Å². The van der Waals surface area contributed by atoms with E-state index >= 15 is 0 Å². The van der Waals surface area contributed by atoms with Crippen molar-refractivity contribution in [1.82, 2.24) is 4.98 Å². The molecule has 0 radical (unpaired) electrons. The Morgan fingerprint density at radius 1 is 1.47 bits per heavy atom. The van der Waals surface area contributed by atoms with E-state index < -0.39 is 0 Å². The molecule has 1 aromatic rings. The highest BCUT2D eigenvalue weighted by Gasteiger charge is 2.11. The summed E-state index contributed by atoms with van der Waals surface area (Å²) in [6, 6.07) is 1.73. The van der Waals surface area contributed by atoms with Crippen molar-refractivity contribution in [2.75, 3.05) is 13.7 Å². The Labute approximate surface area is 102 Å². The van der Waals surface area contributed by atoms with Gasteiger partial charge in [0.25, 0.3) is 0 Å². The molecule has 4 nitrogen and oxygen atoms in total. The molecule has 17 heavy (non-hydrogen) atoms. The molecule has 1 rings (SSSR count). The minimum absolute atomic E-state index is 0.0220. The van der Waals surface area contributed by atoms with Crippen LogP contribution in [0.3, 0.4) is 0 Å². The normalized spacial score (nSPS) is 12.2. The fraction of sp³-hybridized carbons (Fsp3) is 0.538. The second-order valence-corrected chi connectivity index (χ2v) is 3.93. The maximum Gasteiger partial charge on any atom is 0.167 e. The van der Waals surface area contributed by atoms with Gasteiger partial charge >= 0.3 is 0 Å². The SMILES string of the molecule is CCCOc1cncc(C(=O)CC(C)OC)c1. The number of methoxy groups -OCH3 is 1. The van der Waals surface area contributed by atoms with Gasteiger partial charge in [-0.3, -0.25) is 9.78 Å². The van der Waals surface area contributed by atoms with Crippen molar-refractivity contribution in [2.24, 2.45) is 0 Å². The molecule has 1 heterocycles.